The molecule has 1 aliphatic rings. The summed E-state index contributed by atoms with van der Waals surface area (Å²) in [6.45, 7) is 3.98. The third-order valence-corrected chi connectivity index (χ3v) is 3.78. The number of amides is 1. The summed E-state index contributed by atoms with van der Waals surface area (Å²) >= 11 is 3.42. The molecule has 1 saturated heterocycles. The maximum Gasteiger partial charge on any atom is 0.225 e. The number of rotatable bonds is 5. The van der Waals surface area contributed by atoms with Crippen molar-refractivity contribution in [2.45, 2.75) is 19.4 Å². The zero-order valence-corrected chi connectivity index (χ0v) is 12.6. The third-order valence-electron chi connectivity index (χ3n) is 3.29. The van der Waals surface area contributed by atoms with Crippen molar-refractivity contribution in [1.29, 1.82) is 0 Å². The minimum absolute atomic E-state index is 0.00543. The Labute approximate surface area is 122 Å². The molecule has 1 aromatic rings. The van der Waals surface area contributed by atoms with Gasteiger partial charge in [0, 0.05) is 29.9 Å². The highest BCUT2D eigenvalue weighted by Crippen LogP contribution is 2.20. The summed E-state index contributed by atoms with van der Waals surface area (Å²) in [5.41, 5.74) is 1.04. The quantitative estimate of drug-likeness (QED) is 0.817. The maximum atomic E-state index is 11.9. The molecule has 1 amide bonds. The summed E-state index contributed by atoms with van der Waals surface area (Å²) in [7, 11) is 0. The van der Waals surface area contributed by atoms with Crippen LogP contribution < -0.4 is 10.6 Å². The topological polar surface area (TPSA) is 50.4 Å². The minimum atomic E-state index is 0.00543. The Morgan fingerprint density at radius 1 is 1.47 bits per heavy atom. The summed E-state index contributed by atoms with van der Waals surface area (Å²) in [6, 6.07) is 7.96. The van der Waals surface area contributed by atoms with Crippen LogP contribution in [0, 0.1) is 5.92 Å². The van der Waals surface area contributed by atoms with Crippen molar-refractivity contribution in [3.63, 3.8) is 0 Å². The molecule has 2 N–H and O–H groups in total. The fourth-order valence-corrected chi connectivity index (χ4v) is 2.60. The Morgan fingerprint density at radius 2 is 2.32 bits per heavy atom. The Morgan fingerprint density at radius 3 is 3.00 bits per heavy atom. The largest absolute Gasteiger partial charge is 0.383 e. The minimum Gasteiger partial charge on any atom is -0.383 e. The van der Waals surface area contributed by atoms with Crippen LogP contribution in [0.2, 0.25) is 0 Å². The van der Waals surface area contributed by atoms with Gasteiger partial charge in [-0.2, -0.15) is 0 Å². The van der Waals surface area contributed by atoms with Gasteiger partial charge in [-0.1, -0.05) is 22.0 Å². The second-order valence-electron chi connectivity index (χ2n) is 4.70. The second-order valence-corrected chi connectivity index (χ2v) is 5.61. The van der Waals surface area contributed by atoms with Gasteiger partial charge in [-0.25, -0.2) is 0 Å². The SMILES string of the molecule is C[C@H]1OCC[C@H]1C(=O)NCCNc1cccc(Br)c1. The zero-order chi connectivity index (χ0) is 13.7. The van der Waals surface area contributed by atoms with Crippen LogP contribution in [0.5, 0.6) is 0 Å². The lowest BCUT2D eigenvalue weighted by Crippen LogP contribution is -2.36. The van der Waals surface area contributed by atoms with Gasteiger partial charge in [0.05, 0.1) is 12.0 Å². The molecule has 1 aromatic carbocycles. The van der Waals surface area contributed by atoms with Crippen LogP contribution in [-0.4, -0.2) is 31.7 Å². The predicted octanol–water partition coefficient (Wildman–Crippen LogP) is 2.40. The van der Waals surface area contributed by atoms with Crippen molar-refractivity contribution in [3.8, 4) is 0 Å². The Balaban J connectivity index is 1.68. The molecule has 0 aliphatic carbocycles. The van der Waals surface area contributed by atoms with Gasteiger partial charge in [-0.15, -0.1) is 0 Å². The smallest absolute Gasteiger partial charge is 0.225 e. The lowest BCUT2D eigenvalue weighted by atomic mass is 10.0. The number of carbonyl (C=O) groups excluding carboxylic acids is 1. The van der Waals surface area contributed by atoms with E-state index in [4.69, 9.17) is 4.74 Å². The molecule has 104 valence electrons. The van der Waals surface area contributed by atoms with E-state index in [2.05, 4.69) is 26.6 Å². The molecule has 19 heavy (non-hydrogen) atoms. The summed E-state index contributed by atoms with van der Waals surface area (Å²) < 4.78 is 6.43. The molecule has 5 heteroatoms. The molecule has 1 aliphatic heterocycles. The van der Waals surface area contributed by atoms with E-state index in [-0.39, 0.29) is 17.9 Å². The Hall–Kier alpha value is -1.07. The first-order chi connectivity index (χ1) is 9.16. The van der Waals surface area contributed by atoms with E-state index in [1.807, 2.05) is 31.2 Å². The molecule has 0 bridgehead atoms. The molecule has 2 atom stereocenters. The number of carbonyl (C=O) groups is 1. The van der Waals surface area contributed by atoms with Crippen LogP contribution in [0.4, 0.5) is 5.69 Å². The molecule has 0 radical (unpaired) electrons. The van der Waals surface area contributed by atoms with Gasteiger partial charge >= 0.3 is 0 Å². The summed E-state index contributed by atoms with van der Waals surface area (Å²) in [4.78, 5) is 11.9. The first-order valence-electron chi connectivity index (χ1n) is 6.55. The second kappa shape index (κ2) is 6.91. The van der Waals surface area contributed by atoms with E-state index in [1.54, 1.807) is 0 Å². The first kappa shape index (κ1) is 14.3. The van der Waals surface area contributed by atoms with Gasteiger partial charge in [0.2, 0.25) is 5.91 Å². The van der Waals surface area contributed by atoms with Crippen LogP contribution in [0.1, 0.15) is 13.3 Å². The number of hydrogen-bond donors (Lipinski definition) is 2. The van der Waals surface area contributed by atoms with Crippen LogP contribution in [0.3, 0.4) is 0 Å². The van der Waals surface area contributed by atoms with Crippen LogP contribution in [0.15, 0.2) is 28.7 Å². The number of benzene rings is 1. The van der Waals surface area contributed by atoms with Gasteiger partial charge in [0.25, 0.3) is 0 Å². The zero-order valence-electron chi connectivity index (χ0n) is 11.0. The molecule has 0 unspecified atom stereocenters. The maximum absolute atomic E-state index is 11.9. The summed E-state index contributed by atoms with van der Waals surface area (Å²) in [5.74, 6) is 0.104. The van der Waals surface area contributed by atoms with E-state index in [0.29, 0.717) is 19.7 Å². The standard InChI is InChI=1S/C14H19BrN2O2/c1-10-13(5-8-19-10)14(18)17-7-6-16-12-4-2-3-11(15)9-12/h2-4,9-10,13,16H,5-8H2,1H3,(H,17,18)/t10-,13-/m1/s1. The van der Waals surface area contributed by atoms with Crippen molar-refractivity contribution >= 4 is 27.5 Å². The highest BCUT2D eigenvalue weighted by Gasteiger charge is 2.30. The number of halogens is 1. The summed E-state index contributed by atoms with van der Waals surface area (Å²) in [5, 5.41) is 6.21. The fraction of sp³-hybridized carbons (Fsp3) is 0.500. The molecule has 0 spiro atoms. The fourth-order valence-electron chi connectivity index (χ4n) is 2.20. The third kappa shape index (κ3) is 4.21. The van der Waals surface area contributed by atoms with Gasteiger partial charge in [-0.3, -0.25) is 4.79 Å². The van der Waals surface area contributed by atoms with Gasteiger partial charge in [0.15, 0.2) is 0 Å². The molecule has 4 nitrogen and oxygen atoms in total. The van der Waals surface area contributed by atoms with Crippen LogP contribution >= 0.6 is 15.9 Å². The van der Waals surface area contributed by atoms with Gasteiger partial charge < -0.3 is 15.4 Å². The monoisotopic (exact) mass is 326 g/mol. The summed E-state index contributed by atoms with van der Waals surface area (Å²) in [6.07, 6.45) is 0.865. The average molecular weight is 327 g/mol. The molecule has 1 fully saturated rings. The van der Waals surface area contributed by atoms with Crippen molar-refractivity contribution in [3.05, 3.63) is 28.7 Å². The van der Waals surface area contributed by atoms with Gasteiger partial charge in [-0.05, 0) is 31.5 Å². The molecule has 2 rings (SSSR count). The van der Waals surface area contributed by atoms with E-state index in [1.165, 1.54) is 0 Å². The predicted molar refractivity (Wildman–Crippen MR) is 79.2 cm³/mol. The Kier molecular flexibility index (Phi) is 5.22. The van der Waals surface area contributed by atoms with Crippen LogP contribution in [-0.2, 0) is 9.53 Å². The van der Waals surface area contributed by atoms with Gasteiger partial charge in [0.1, 0.15) is 0 Å². The first-order valence-corrected chi connectivity index (χ1v) is 7.35. The number of nitrogens with one attached hydrogen (secondary N) is 2. The number of anilines is 1. The molecular formula is C14H19BrN2O2. The van der Waals surface area contributed by atoms with E-state index >= 15 is 0 Å². The van der Waals surface area contributed by atoms with E-state index < -0.39 is 0 Å². The van der Waals surface area contributed by atoms with E-state index in [9.17, 15) is 4.79 Å². The number of hydrogen-bond acceptors (Lipinski definition) is 3. The van der Waals surface area contributed by atoms with Crippen molar-refractivity contribution < 1.29 is 9.53 Å². The van der Waals surface area contributed by atoms with Crippen LogP contribution in [0.25, 0.3) is 0 Å². The Bertz CT molecular complexity index is 439. The lowest BCUT2D eigenvalue weighted by Gasteiger charge is -2.14. The molecular weight excluding hydrogens is 308 g/mol. The normalized spacial score (nSPS) is 22.2. The number of ether oxygens (including phenoxy) is 1. The van der Waals surface area contributed by atoms with Crippen molar-refractivity contribution in [1.82, 2.24) is 5.32 Å². The van der Waals surface area contributed by atoms with Crippen molar-refractivity contribution in [2.24, 2.45) is 5.92 Å². The molecule has 0 saturated carbocycles. The highest BCUT2D eigenvalue weighted by molar-refractivity contribution is 9.10. The average Bonchev–Trinajstić information content (AvgIpc) is 2.81. The van der Waals surface area contributed by atoms with Crippen molar-refractivity contribution in [2.75, 3.05) is 25.0 Å². The molecule has 1 heterocycles. The lowest BCUT2D eigenvalue weighted by molar-refractivity contribution is -0.126. The molecule has 0 aromatic heterocycles. The van der Waals surface area contributed by atoms with E-state index in [0.717, 1.165) is 16.6 Å². The highest BCUT2D eigenvalue weighted by atomic mass is 79.9.